The Balaban J connectivity index is 0.000000231. The van der Waals surface area contributed by atoms with Gasteiger partial charge in [-0.25, -0.2) is 13.6 Å². The molecule has 5 N–H and O–H groups in total. The first kappa shape index (κ1) is 18.5. The first-order valence-electron chi connectivity index (χ1n) is 5.81. The SMILES string of the molecule is N#Cc1ccc(N)c(F)c1Cl.Nc1ccc(C(=O)O)c(Cl)c1F. The summed E-state index contributed by atoms with van der Waals surface area (Å²) in [5.74, 6) is -2.90. The highest BCUT2D eigenvalue weighted by Crippen LogP contribution is 2.24. The fraction of sp³-hybridized carbons (Fsp3) is 0. The number of rotatable bonds is 1. The highest BCUT2D eigenvalue weighted by atomic mass is 35.5. The normalized spacial score (nSPS) is 9.52. The molecule has 0 atom stereocenters. The van der Waals surface area contributed by atoms with E-state index in [2.05, 4.69) is 0 Å². The molecule has 5 nitrogen and oxygen atoms in total. The van der Waals surface area contributed by atoms with E-state index in [0.29, 0.717) is 0 Å². The monoisotopic (exact) mass is 359 g/mol. The van der Waals surface area contributed by atoms with E-state index < -0.39 is 22.6 Å². The summed E-state index contributed by atoms with van der Waals surface area (Å²) in [6.45, 7) is 0. The van der Waals surface area contributed by atoms with Crippen molar-refractivity contribution in [1.82, 2.24) is 0 Å². The van der Waals surface area contributed by atoms with Crippen molar-refractivity contribution in [3.05, 3.63) is 57.1 Å². The van der Waals surface area contributed by atoms with Crippen molar-refractivity contribution in [2.24, 2.45) is 0 Å². The molecule has 0 spiro atoms. The summed E-state index contributed by atoms with van der Waals surface area (Å²) in [6, 6.07) is 6.73. The summed E-state index contributed by atoms with van der Waals surface area (Å²) in [5.41, 5.74) is 9.91. The number of nitrogens with zero attached hydrogens (tertiary/aromatic N) is 1. The summed E-state index contributed by atoms with van der Waals surface area (Å²) in [6.07, 6.45) is 0. The molecule has 0 aromatic heterocycles. The van der Waals surface area contributed by atoms with Crippen LogP contribution in [0.2, 0.25) is 10.0 Å². The van der Waals surface area contributed by atoms with Gasteiger partial charge in [0.2, 0.25) is 0 Å². The Labute approximate surface area is 139 Å². The first-order chi connectivity index (χ1) is 10.7. The predicted molar refractivity (Wildman–Crippen MR) is 83.3 cm³/mol. The standard InChI is InChI=1S/C7H4ClFN2.C7H5ClFNO2/c8-6-4(3-10)1-2-5(11)7(6)9;8-5-3(7(11)12)1-2-4(10)6(5)9/h1-2H,11H2;1-2H,10H2,(H,11,12). The molecule has 0 saturated carbocycles. The van der Waals surface area contributed by atoms with Crippen molar-refractivity contribution in [2.75, 3.05) is 11.5 Å². The van der Waals surface area contributed by atoms with Gasteiger partial charge in [0.25, 0.3) is 0 Å². The average Bonchev–Trinajstić information content (AvgIpc) is 2.51. The van der Waals surface area contributed by atoms with Gasteiger partial charge in [0.05, 0.1) is 32.5 Å². The topological polar surface area (TPSA) is 113 Å². The van der Waals surface area contributed by atoms with Gasteiger partial charge in [0.1, 0.15) is 6.07 Å². The van der Waals surface area contributed by atoms with E-state index in [9.17, 15) is 13.6 Å². The number of anilines is 2. The van der Waals surface area contributed by atoms with Crippen LogP contribution < -0.4 is 11.5 Å². The number of nitrogen functional groups attached to an aromatic ring is 2. The minimum Gasteiger partial charge on any atom is -0.478 e. The van der Waals surface area contributed by atoms with E-state index >= 15 is 0 Å². The Bertz CT molecular complexity index is 808. The van der Waals surface area contributed by atoms with E-state index in [0.717, 1.165) is 12.1 Å². The number of nitrogens with two attached hydrogens (primary N) is 2. The number of hydrogen-bond acceptors (Lipinski definition) is 4. The number of carbonyl (C=O) groups is 1. The summed E-state index contributed by atoms with van der Waals surface area (Å²) in [7, 11) is 0. The molecule has 2 aromatic rings. The van der Waals surface area contributed by atoms with Gasteiger partial charge in [-0.2, -0.15) is 5.26 Å². The zero-order valence-corrected chi connectivity index (χ0v) is 12.8. The van der Waals surface area contributed by atoms with E-state index in [1.165, 1.54) is 12.1 Å². The number of nitriles is 1. The number of halogens is 4. The molecule has 0 aliphatic rings. The summed E-state index contributed by atoms with van der Waals surface area (Å²) < 4.78 is 25.6. The molecular weight excluding hydrogens is 351 g/mol. The van der Waals surface area contributed by atoms with Gasteiger partial charge in [-0.05, 0) is 24.3 Å². The first-order valence-corrected chi connectivity index (χ1v) is 6.56. The Kier molecular flexibility index (Phi) is 6.13. The Morgan fingerprint density at radius 1 is 1.04 bits per heavy atom. The van der Waals surface area contributed by atoms with Gasteiger partial charge in [-0.1, -0.05) is 23.2 Å². The van der Waals surface area contributed by atoms with E-state index in [1.807, 2.05) is 0 Å². The quantitative estimate of drug-likeness (QED) is 0.671. The molecule has 0 heterocycles. The van der Waals surface area contributed by atoms with Crippen LogP contribution in [0.4, 0.5) is 20.2 Å². The maximum absolute atomic E-state index is 12.8. The van der Waals surface area contributed by atoms with Crippen molar-refractivity contribution in [3.8, 4) is 6.07 Å². The van der Waals surface area contributed by atoms with Crippen LogP contribution in [-0.2, 0) is 0 Å². The summed E-state index contributed by atoms with van der Waals surface area (Å²) in [5, 5.41) is 16.2. The van der Waals surface area contributed by atoms with Gasteiger partial charge >= 0.3 is 5.97 Å². The van der Waals surface area contributed by atoms with Crippen LogP contribution in [0.1, 0.15) is 15.9 Å². The number of aromatic carboxylic acids is 1. The van der Waals surface area contributed by atoms with Crippen LogP contribution in [-0.4, -0.2) is 11.1 Å². The van der Waals surface area contributed by atoms with Crippen LogP contribution in [0.25, 0.3) is 0 Å². The molecule has 23 heavy (non-hydrogen) atoms. The number of benzene rings is 2. The third-order valence-corrected chi connectivity index (χ3v) is 3.31. The largest absolute Gasteiger partial charge is 0.478 e. The van der Waals surface area contributed by atoms with Gasteiger partial charge in [-0.15, -0.1) is 0 Å². The fourth-order valence-electron chi connectivity index (χ4n) is 1.38. The van der Waals surface area contributed by atoms with Crippen LogP contribution >= 0.6 is 23.2 Å². The third-order valence-electron chi connectivity index (χ3n) is 2.58. The zero-order valence-electron chi connectivity index (χ0n) is 11.3. The van der Waals surface area contributed by atoms with Gasteiger partial charge in [0.15, 0.2) is 11.6 Å². The fourth-order valence-corrected chi connectivity index (χ4v) is 1.85. The average molecular weight is 360 g/mol. The highest BCUT2D eigenvalue weighted by Gasteiger charge is 2.14. The van der Waals surface area contributed by atoms with Crippen LogP contribution in [0.5, 0.6) is 0 Å². The Hall–Kier alpha value is -2.56. The second kappa shape index (κ2) is 7.63. The zero-order chi connectivity index (χ0) is 17.7. The van der Waals surface area contributed by atoms with Gasteiger partial charge in [-0.3, -0.25) is 0 Å². The van der Waals surface area contributed by atoms with Crippen LogP contribution in [0.3, 0.4) is 0 Å². The Morgan fingerprint density at radius 2 is 1.52 bits per heavy atom. The molecule has 0 aliphatic carbocycles. The van der Waals surface area contributed by atoms with E-state index in [1.54, 1.807) is 6.07 Å². The van der Waals surface area contributed by atoms with Crippen LogP contribution in [0, 0.1) is 23.0 Å². The maximum atomic E-state index is 12.8. The molecule has 0 bridgehead atoms. The van der Waals surface area contributed by atoms with Gasteiger partial charge in [0, 0.05) is 0 Å². The van der Waals surface area contributed by atoms with Crippen LogP contribution in [0.15, 0.2) is 24.3 Å². The minimum atomic E-state index is -1.28. The highest BCUT2D eigenvalue weighted by molar-refractivity contribution is 6.34. The summed E-state index contributed by atoms with van der Waals surface area (Å²) in [4.78, 5) is 10.4. The molecule has 0 unspecified atom stereocenters. The molecule has 2 rings (SSSR count). The van der Waals surface area contributed by atoms with Crippen molar-refractivity contribution in [1.29, 1.82) is 5.26 Å². The lowest BCUT2D eigenvalue weighted by molar-refractivity contribution is 0.0696. The maximum Gasteiger partial charge on any atom is 0.337 e. The van der Waals surface area contributed by atoms with Crippen molar-refractivity contribution in [3.63, 3.8) is 0 Å². The lowest BCUT2D eigenvalue weighted by atomic mass is 10.2. The predicted octanol–water partition coefficient (Wildman–Crippen LogP) is 3.69. The molecule has 0 amide bonds. The molecule has 2 aromatic carbocycles. The molecule has 0 fully saturated rings. The van der Waals surface area contributed by atoms with Crippen molar-refractivity contribution >= 4 is 40.5 Å². The second-order valence-corrected chi connectivity index (χ2v) is 4.83. The molecule has 9 heteroatoms. The minimum absolute atomic E-state index is 0.0472. The third kappa shape index (κ3) is 4.22. The number of hydrogen-bond donors (Lipinski definition) is 3. The molecule has 0 saturated heterocycles. The molecule has 0 aliphatic heterocycles. The number of carboxylic acids is 1. The van der Waals surface area contributed by atoms with E-state index in [-0.39, 0.29) is 27.5 Å². The summed E-state index contributed by atoms with van der Waals surface area (Å²) >= 11 is 10.8. The number of carboxylic acid groups (broad SMARTS) is 1. The van der Waals surface area contributed by atoms with Crippen molar-refractivity contribution in [2.45, 2.75) is 0 Å². The second-order valence-electron chi connectivity index (χ2n) is 4.08. The smallest absolute Gasteiger partial charge is 0.337 e. The molecule has 0 radical (unpaired) electrons. The lowest BCUT2D eigenvalue weighted by Crippen LogP contribution is -2.01. The lowest BCUT2D eigenvalue weighted by Gasteiger charge is -2.01. The van der Waals surface area contributed by atoms with Gasteiger partial charge < -0.3 is 16.6 Å². The van der Waals surface area contributed by atoms with E-state index in [4.69, 9.17) is 45.0 Å². The molecule has 120 valence electrons. The Morgan fingerprint density at radius 3 is 2.00 bits per heavy atom. The molecular formula is C14H9Cl2F2N3O2. The van der Waals surface area contributed by atoms with Crippen molar-refractivity contribution < 1.29 is 18.7 Å².